The lowest BCUT2D eigenvalue weighted by Crippen LogP contribution is -2.43. The predicted molar refractivity (Wildman–Crippen MR) is 79.6 cm³/mol. The Balaban J connectivity index is 2.13. The molecule has 0 amide bonds. The molecule has 1 saturated heterocycles. The summed E-state index contributed by atoms with van der Waals surface area (Å²) in [4.78, 5) is 13.4. The van der Waals surface area contributed by atoms with Crippen LogP contribution in [0, 0.1) is 5.92 Å². The fourth-order valence-corrected chi connectivity index (χ4v) is 3.14. The van der Waals surface area contributed by atoms with Crippen molar-refractivity contribution in [2.45, 2.75) is 38.8 Å². The van der Waals surface area contributed by atoms with Crippen LogP contribution in [0.2, 0.25) is 0 Å². The highest BCUT2D eigenvalue weighted by Crippen LogP contribution is 2.34. The molecule has 0 spiro atoms. The van der Waals surface area contributed by atoms with Gasteiger partial charge in [-0.25, -0.2) is 0 Å². The second kappa shape index (κ2) is 6.35. The first-order valence-electron chi connectivity index (χ1n) is 7.29. The van der Waals surface area contributed by atoms with E-state index in [1.807, 2.05) is 12.1 Å². The van der Waals surface area contributed by atoms with Crippen LogP contribution in [0.4, 0.5) is 0 Å². The summed E-state index contributed by atoms with van der Waals surface area (Å²) in [6.07, 6.45) is 1.36. The molecule has 1 aliphatic heterocycles. The molecule has 1 aromatic carbocycles. The minimum atomic E-state index is -0.694. The molecule has 21 heavy (non-hydrogen) atoms. The zero-order valence-corrected chi connectivity index (χ0v) is 12.7. The number of benzene rings is 1. The molecule has 2 N–H and O–H groups in total. The van der Waals surface area contributed by atoms with Gasteiger partial charge in [0, 0.05) is 12.1 Å². The number of carboxylic acid groups (broad SMARTS) is 1. The number of aliphatic carboxylic acids is 1. The fourth-order valence-electron chi connectivity index (χ4n) is 3.14. The molecular weight excluding hydrogens is 270 g/mol. The smallest absolute Gasteiger partial charge is 0.306 e. The van der Waals surface area contributed by atoms with Crippen molar-refractivity contribution in [1.29, 1.82) is 0 Å². The quantitative estimate of drug-likeness (QED) is 0.893. The molecule has 1 aliphatic rings. The third-order valence-corrected chi connectivity index (χ3v) is 4.46. The first kappa shape index (κ1) is 15.6. The molecule has 0 saturated carbocycles. The molecule has 0 radical (unpaired) electrons. The number of ether oxygens (including phenoxy) is 1. The van der Waals surface area contributed by atoms with Crippen LogP contribution in [-0.2, 0) is 4.79 Å². The maximum atomic E-state index is 11.1. The van der Waals surface area contributed by atoms with E-state index >= 15 is 0 Å². The summed E-state index contributed by atoms with van der Waals surface area (Å²) >= 11 is 0. The summed E-state index contributed by atoms with van der Waals surface area (Å²) in [5.74, 6) is -0.336. The highest BCUT2D eigenvalue weighted by Gasteiger charge is 2.32. The van der Waals surface area contributed by atoms with Crippen molar-refractivity contribution in [1.82, 2.24) is 4.90 Å². The second-order valence-corrected chi connectivity index (χ2v) is 5.75. The number of phenols is 1. The monoisotopic (exact) mass is 293 g/mol. The number of carbonyl (C=O) groups is 1. The topological polar surface area (TPSA) is 70.0 Å². The van der Waals surface area contributed by atoms with Gasteiger partial charge in [0.05, 0.1) is 13.0 Å². The van der Waals surface area contributed by atoms with E-state index in [9.17, 15) is 9.90 Å². The Hall–Kier alpha value is -1.75. The van der Waals surface area contributed by atoms with E-state index in [4.69, 9.17) is 9.84 Å². The molecule has 1 heterocycles. The lowest BCUT2D eigenvalue weighted by atomic mass is 9.89. The highest BCUT2D eigenvalue weighted by atomic mass is 16.5. The average molecular weight is 293 g/mol. The number of piperidine rings is 1. The van der Waals surface area contributed by atoms with Crippen LogP contribution in [0.15, 0.2) is 18.2 Å². The van der Waals surface area contributed by atoms with Crippen LogP contribution in [0.1, 0.15) is 38.3 Å². The van der Waals surface area contributed by atoms with E-state index in [0.29, 0.717) is 18.6 Å². The van der Waals surface area contributed by atoms with Gasteiger partial charge in [-0.1, -0.05) is 6.07 Å². The van der Waals surface area contributed by atoms with Gasteiger partial charge < -0.3 is 14.9 Å². The normalized spacial score (nSPS) is 24.5. The van der Waals surface area contributed by atoms with E-state index in [0.717, 1.165) is 12.1 Å². The van der Waals surface area contributed by atoms with E-state index in [1.165, 1.54) is 7.11 Å². The van der Waals surface area contributed by atoms with Crippen molar-refractivity contribution in [3.8, 4) is 11.5 Å². The zero-order chi connectivity index (χ0) is 15.6. The summed E-state index contributed by atoms with van der Waals surface area (Å²) in [6, 6.07) is 5.74. The Kier molecular flexibility index (Phi) is 4.73. The van der Waals surface area contributed by atoms with Crippen molar-refractivity contribution >= 4 is 5.97 Å². The number of methoxy groups -OCH3 is 1. The summed E-state index contributed by atoms with van der Waals surface area (Å²) in [5.41, 5.74) is 1.06. The molecule has 5 nitrogen and oxygen atoms in total. The van der Waals surface area contributed by atoms with Crippen LogP contribution < -0.4 is 4.74 Å². The Morgan fingerprint density at radius 1 is 1.48 bits per heavy atom. The first-order chi connectivity index (χ1) is 9.93. The van der Waals surface area contributed by atoms with Gasteiger partial charge in [0.15, 0.2) is 11.5 Å². The van der Waals surface area contributed by atoms with Gasteiger partial charge >= 0.3 is 5.97 Å². The van der Waals surface area contributed by atoms with Gasteiger partial charge in [-0.3, -0.25) is 9.69 Å². The Bertz CT molecular complexity index is 517. The minimum Gasteiger partial charge on any atom is -0.504 e. The molecule has 0 bridgehead atoms. The molecule has 116 valence electrons. The van der Waals surface area contributed by atoms with Crippen molar-refractivity contribution < 1.29 is 19.7 Å². The Labute approximate surface area is 125 Å². The van der Waals surface area contributed by atoms with Gasteiger partial charge in [-0.15, -0.1) is 0 Å². The summed E-state index contributed by atoms with van der Waals surface area (Å²) in [5, 5.41) is 18.8. The van der Waals surface area contributed by atoms with E-state index < -0.39 is 5.97 Å². The summed E-state index contributed by atoms with van der Waals surface area (Å²) in [6.45, 7) is 4.94. The van der Waals surface area contributed by atoms with Crippen molar-refractivity contribution in [2.75, 3.05) is 13.7 Å². The number of hydrogen-bond acceptors (Lipinski definition) is 4. The molecule has 2 rings (SSSR count). The maximum Gasteiger partial charge on any atom is 0.306 e. The van der Waals surface area contributed by atoms with Gasteiger partial charge in [0.1, 0.15) is 0 Å². The molecule has 0 aliphatic carbocycles. The molecule has 5 heteroatoms. The van der Waals surface area contributed by atoms with Gasteiger partial charge in [-0.05, 0) is 50.9 Å². The van der Waals surface area contributed by atoms with Gasteiger partial charge in [0.25, 0.3) is 0 Å². The number of likely N-dealkylation sites (tertiary alicyclic amines) is 1. The molecular formula is C16H23NO4. The molecule has 1 fully saturated rings. The highest BCUT2D eigenvalue weighted by molar-refractivity contribution is 5.70. The number of aromatic hydroxyl groups is 1. The Morgan fingerprint density at radius 2 is 2.19 bits per heavy atom. The number of nitrogens with zero attached hydrogens (tertiary/aromatic N) is 1. The fraction of sp³-hybridized carbons (Fsp3) is 0.562. The second-order valence-electron chi connectivity index (χ2n) is 5.75. The van der Waals surface area contributed by atoms with Crippen LogP contribution in [0.25, 0.3) is 0 Å². The third-order valence-electron chi connectivity index (χ3n) is 4.46. The molecule has 3 unspecified atom stereocenters. The molecule has 0 aromatic heterocycles. The minimum absolute atomic E-state index is 0.131. The maximum absolute atomic E-state index is 11.1. The third kappa shape index (κ3) is 3.29. The van der Waals surface area contributed by atoms with E-state index in [1.54, 1.807) is 6.07 Å². The van der Waals surface area contributed by atoms with Gasteiger partial charge in [0.2, 0.25) is 0 Å². The van der Waals surface area contributed by atoms with E-state index in [-0.39, 0.29) is 23.8 Å². The standard InChI is InChI=1S/C16H23NO4/c1-10-8-13(16(19)20)6-7-17(10)11(2)12-4-5-14(18)15(9-12)21-3/h4-5,9-11,13,18H,6-8H2,1-3H3,(H,19,20). The summed E-state index contributed by atoms with van der Waals surface area (Å²) in [7, 11) is 1.53. The lowest BCUT2D eigenvalue weighted by molar-refractivity contribution is -0.144. The number of hydrogen-bond donors (Lipinski definition) is 2. The van der Waals surface area contributed by atoms with Crippen LogP contribution in [0.5, 0.6) is 11.5 Å². The van der Waals surface area contributed by atoms with Crippen molar-refractivity contribution in [3.05, 3.63) is 23.8 Å². The average Bonchev–Trinajstić information content (AvgIpc) is 2.46. The predicted octanol–water partition coefficient (Wildman–Crippen LogP) is 2.65. The largest absolute Gasteiger partial charge is 0.504 e. The van der Waals surface area contributed by atoms with Crippen LogP contribution in [0.3, 0.4) is 0 Å². The number of rotatable bonds is 4. The lowest BCUT2D eigenvalue weighted by Gasteiger charge is -2.40. The molecule has 1 aromatic rings. The molecule has 3 atom stereocenters. The number of carboxylic acids is 1. The zero-order valence-electron chi connectivity index (χ0n) is 12.7. The first-order valence-corrected chi connectivity index (χ1v) is 7.29. The number of phenolic OH excluding ortho intramolecular Hbond substituents is 1. The van der Waals surface area contributed by atoms with Crippen molar-refractivity contribution in [3.63, 3.8) is 0 Å². The van der Waals surface area contributed by atoms with Crippen LogP contribution >= 0.6 is 0 Å². The Morgan fingerprint density at radius 3 is 2.76 bits per heavy atom. The van der Waals surface area contributed by atoms with Gasteiger partial charge in [-0.2, -0.15) is 0 Å². The van der Waals surface area contributed by atoms with E-state index in [2.05, 4.69) is 18.7 Å². The summed E-state index contributed by atoms with van der Waals surface area (Å²) < 4.78 is 5.15. The van der Waals surface area contributed by atoms with Crippen molar-refractivity contribution in [2.24, 2.45) is 5.92 Å². The van der Waals surface area contributed by atoms with Crippen LogP contribution in [-0.4, -0.2) is 40.8 Å². The SMILES string of the molecule is COc1cc(C(C)N2CCC(C(=O)O)CC2C)ccc1O.